The van der Waals surface area contributed by atoms with Crippen molar-refractivity contribution in [3.8, 4) is 34.6 Å². The number of ether oxygens (including phenoxy) is 3. The number of aromatic nitrogens is 4. The number of anilines is 1. The van der Waals surface area contributed by atoms with Crippen LogP contribution in [0.3, 0.4) is 0 Å². The fourth-order valence-corrected chi connectivity index (χ4v) is 9.25. The standard InChI is InChI=1S/C50H46N8O6/c1-50(2,64-35-7-9-38-32(21-35)29-58(49(38)61)43-10-11-46(59)55-48(43)60)17-13-33-23-45(41(51-3)28-53-33)57-19-15-34(16-20-57)62-36-24-37(25-36)63-47-12-6-31(26-54-47)30-5-8-39-40-27-52-18-14-42(40)56(4)44(39)22-30/h5-9,12,14,18,21-23,26-28,34,36-37,43H,10-11,15-16,19-20,24-25,29H2,1-2,4H3,(H,55,59,60). The molecule has 1 unspecified atom stereocenters. The van der Waals surface area contributed by atoms with E-state index in [4.69, 9.17) is 20.8 Å². The Morgan fingerprint density at radius 2 is 1.69 bits per heavy atom. The van der Waals surface area contributed by atoms with E-state index in [0.717, 1.165) is 77.6 Å². The van der Waals surface area contributed by atoms with Gasteiger partial charge in [0.2, 0.25) is 23.4 Å². The van der Waals surface area contributed by atoms with Gasteiger partial charge in [0.25, 0.3) is 5.91 Å². The SMILES string of the molecule is [C-]#[N+]c1cnc(C#CC(C)(C)Oc2ccc3c(c2)CN(C2CCC(=O)NC2=O)C3=O)cc1N1CCC(OC2CC(Oc3ccc(-c4ccc5c6cnccc6n(C)c5c4)cn3)C2)CC1. The predicted octanol–water partition coefficient (Wildman–Crippen LogP) is 7.30. The number of aryl methyl sites for hydroxylation is 1. The number of pyridine rings is 3. The molecule has 3 aliphatic heterocycles. The maximum Gasteiger partial charge on any atom is 0.255 e. The molecular weight excluding hydrogens is 809 g/mol. The molecule has 1 saturated carbocycles. The van der Waals surface area contributed by atoms with Gasteiger partial charge >= 0.3 is 0 Å². The molecule has 3 amide bonds. The van der Waals surface area contributed by atoms with Crippen molar-refractivity contribution in [2.45, 2.75) is 88.9 Å². The molecule has 4 aromatic heterocycles. The first kappa shape index (κ1) is 40.8. The number of benzene rings is 2. The summed E-state index contributed by atoms with van der Waals surface area (Å²) in [6.45, 7) is 13.3. The lowest BCUT2D eigenvalue weighted by Crippen LogP contribution is -2.52. The summed E-state index contributed by atoms with van der Waals surface area (Å²) < 4.78 is 21.2. The lowest BCUT2D eigenvalue weighted by Gasteiger charge is -2.40. The predicted molar refractivity (Wildman–Crippen MR) is 240 cm³/mol. The van der Waals surface area contributed by atoms with Gasteiger partial charge in [-0.3, -0.25) is 29.7 Å². The second-order valence-corrected chi connectivity index (χ2v) is 17.5. The van der Waals surface area contributed by atoms with Gasteiger partial charge in [0.05, 0.1) is 24.3 Å². The monoisotopic (exact) mass is 854 g/mol. The van der Waals surface area contributed by atoms with Crippen LogP contribution < -0.4 is 19.7 Å². The number of carbonyl (C=O) groups is 3. The zero-order valence-electron chi connectivity index (χ0n) is 35.8. The van der Waals surface area contributed by atoms with Gasteiger partial charge in [-0.1, -0.05) is 12.1 Å². The van der Waals surface area contributed by atoms with E-state index in [9.17, 15) is 14.4 Å². The number of nitrogens with zero attached hydrogens (tertiary/aromatic N) is 7. The molecule has 1 N–H and O–H groups in total. The molecule has 0 bridgehead atoms. The van der Waals surface area contributed by atoms with E-state index >= 15 is 0 Å². The highest BCUT2D eigenvalue weighted by Gasteiger charge is 2.39. The molecule has 3 fully saturated rings. The maximum absolute atomic E-state index is 13.1. The third-order valence-corrected chi connectivity index (χ3v) is 12.7. The van der Waals surface area contributed by atoms with E-state index in [0.29, 0.717) is 35.0 Å². The fourth-order valence-electron chi connectivity index (χ4n) is 9.25. The van der Waals surface area contributed by atoms with Crippen LogP contribution in [-0.4, -0.2) is 85.2 Å². The van der Waals surface area contributed by atoms with E-state index in [1.807, 2.05) is 50.6 Å². The summed E-state index contributed by atoms with van der Waals surface area (Å²) in [5.41, 5.74) is 6.58. The topological polar surface area (TPSA) is 145 Å². The highest BCUT2D eigenvalue weighted by molar-refractivity contribution is 6.08. The minimum absolute atomic E-state index is 0.0639. The van der Waals surface area contributed by atoms with E-state index in [-0.39, 0.29) is 43.1 Å². The van der Waals surface area contributed by atoms with Gasteiger partial charge in [-0.25, -0.2) is 9.83 Å². The number of hydrogen-bond donors (Lipinski definition) is 1. The molecule has 14 nitrogen and oxygen atoms in total. The largest absolute Gasteiger partial charge is 0.475 e. The quantitative estimate of drug-likeness (QED) is 0.0894. The average Bonchev–Trinajstić information content (AvgIpc) is 3.76. The van der Waals surface area contributed by atoms with E-state index < -0.39 is 17.6 Å². The van der Waals surface area contributed by atoms with Crippen molar-refractivity contribution < 1.29 is 28.6 Å². The molecule has 1 atom stereocenters. The lowest BCUT2D eigenvalue weighted by atomic mass is 9.91. The number of amides is 3. The van der Waals surface area contributed by atoms with Crippen LogP contribution in [0.2, 0.25) is 0 Å². The summed E-state index contributed by atoms with van der Waals surface area (Å²) in [5, 5.41) is 4.66. The zero-order chi connectivity index (χ0) is 44.1. The number of fused-ring (bicyclic) bond motifs is 4. The second-order valence-electron chi connectivity index (χ2n) is 17.5. The van der Waals surface area contributed by atoms with Crippen molar-refractivity contribution in [2.75, 3.05) is 18.0 Å². The normalized spacial score (nSPS) is 20.0. The first-order valence-electron chi connectivity index (χ1n) is 21.7. The molecule has 7 heterocycles. The summed E-state index contributed by atoms with van der Waals surface area (Å²) in [6.07, 6.45) is 11.3. The third-order valence-electron chi connectivity index (χ3n) is 12.7. The highest BCUT2D eigenvalue weighted by atomic mass is 16.5. The van der Waals surface area contributed by atoms with Gasteiger partial charge in [0, 0.05) is 110 Å². The van der Waals surface area contributed by atoms with Gasteiger partial charge in [-0.2, -0.15) is 0 Å². The lowest BCUT2D eigenvalue weighted by molar-refractivity contribution is -0.136. The number of carbonyl (C=O) groups excluding carboxylic acids is 3. The molecule has 4 aliphatic rings. The van der Waals surface area contributed by atoms with Crippen LogP contribution in [0.1, 0.15) is 74.0 Å². The Hall–Kier alpha value is -7.29. The third kappa shape index (κ3) is 7.97. The Bertz CT molecular complexity index is 2950. The van der Waals surface area contributed by atoms with Gasteiger partial charge < -0.3 is 28.6 Å². The number of rotatable bonds is 9. The summed E-state index contributed by atoms with van der Waals surface area (Å²) in [6, 6.07) is 19.0. The minimum Gasteiger partial charge on any atom is -0.475 e. The Kier molecular flexibility index (Phi) is 10.5. The van der Waals surface area contributed by atoms with Crippen molar-refractivity contribution in [3.63, 3.8) is 0 Å². The van der Waals surface area contributed by atoms with Crippen molar-refractivity contribution >= 4 is 50.9 Å². The van der Waals surface area contributed by atoms with Crippen molar-refractivity contribution in [1.82, 2.24) is 29.7 Å². The number of nitrogens with one attached hydrogen (secondary N) is 1. The summed E-state index contributed by atoms with van der Waals surface area (Å²) in [7, 11) is 2.08. The summed E-state index contributed by atoms with van der Waals surface area (Å²) in [4.78, 5) is 58.1. The molecule has 1 aliphatic carbocycles. The molecule has 64 heavy (non-hydrogen) atoms. The molecule has 10 rings (SSSR count). The molecule has 2 aromatic carbocycles. The van der Waals surface area contributed by atoms with E-state index in [1.165, 1.54) is 10.3 Å². The molecule has 6 aromatic rings. The first-order chi connectivity index (χ1) is 31.0. The average molecular weight is 855 g/mol. The van der Waals surface area contributed by atoms with Crippen LogP contribution in [-0.2, 0) is 27.9 Å². The first-order valence-corrected chi connectivity index (χ1v) is 21.7. The van der Waals surface area contributed by atoms with Crippen LogP contribution in [0.15, 0.2) is 85.5 Å². The molecule has 0 spiro atoms. The van der Waals surface area contributed by atoms with Gasteiger partial charge in [0.1, 0.15) is 23.6 Å². The fraction of sp³-hybridized carbons (Fsp3) is 0.340. The number of imide groups is 1. The Morgan fingerprint density at radius 3 is 2.47 bits per heavy atom. The summed E-state index contributed by atoms with van der Waals surface area (Å²) in [5.74, 6) is 6.49. The van der Waals surface area contributed by atoms with Crippen LogP contribution >= 0.6 is 0 Å². The maximum atomic E-state index is 13.1. The van der Waals surface area contributed by atoms with Crippen LogP contribution in [0, 0.1) is 18.4 Å². The Labute approximate surface area is 370 Å². The zero-order valence-corrected chi connectivity index (χ0v) is 35.8. The highest BCUT2D eigenvalue weighted by Crippen LogP contribution is 2.36. The Morgan fingerprint density at radius 1 is 0.859 bits per heavy atom. The van der Waals surface area contributed by atoms with Crippen molar-refractivity contribution in [1.29, 1.82) is 0 Å². The van der Waals surface area contributed by atoms with Crippen LogP contribution in [0.25, 0.3) is 37.8 Å². The molecular formula is C50H46N8O6. The van der Waals surface area contributed by atoms with Gasteiger partial charge in [0.15, 0.2) is 5.60 Å². The molecule has 2 saturated heterocycles. The Balaban J connectivity index is 0.703. The summed E-state index contributed by atoms with van der Waals surface area (Å²) >= 11 is 0. The van der Waals surface area contributed by atoms with Crippen LogP contribution in [0.5, 0.6) is 11.6 Å². The molecule has 0 radical (unpaired) electrons. The van der Waals surface area contributed by atoms with Gasteiger partial charge in [-0.15, -0.1) is 0 Å². The minimum atomic E-state index is -0.920. The van der Waals surface area contributed by atoms with E-state index in [1.54, 1.807) is 24.4 Å². The number of hydrogen-bond acceptors (Lipinski definition) is 10. The smallest absolute Gasteiger partial charge is 0.255 e. The second kappa shape index (κ2) is 16.4. The van der Waals surface area contributed by atoms with E-state index in [2.05, 4.69) is 77.7 Å². The number of piperidine rings is 2. The molecule has 14 heteroatoms. The van der Waals surface area contributed by atoms with Gasteiger partial charge in [-0.05, 0) is 98.5 Å². The van der Waals surface area contributed by atoms with Crippen LogP contribution in [0.4, 0.5) is 11.4 Å². The van der Waals surface area contributed by atoms with Crippen molar-refractivity contribution in [2.24, 2.45) is 7.05 Å². The molecule has 322 valence electrons. The van der Waals surface area contributed by atoms with Crippen molar-refractivity contribution in [3.05, 3.63) is 114 Å².